The number of nitrogens with one attached hydrogen (secondary N) is 1. The highest BCUT2D eigenvalue weighted by Crippen LogP contribution is 2.50. The summed E-state index contributed by atoms with van der Waals surface area (Å²) in [5.41, 5.74) is -2.61. The predicted molar refractivity (Wildman–Crippen MR) is 128 cm³/mol. The summed E-state index contributed by atoms with van der Waals surface area (Å²) in [6, 6.07) is 14.2. The van der Waals surface area contributed by atoms with Gasteiger partial charge in [-0.2, -0.15) is 13.2 Å². The highest BCUT2D eigenvalue weighted by Gasteiger charge is 2.62. The summed E-state index contributed by atoms with van der Waals surface area (Å²) in [5.74, 6) is -1.66. The highest BCUT2D eigenvalue weighted by molar-refractivity contribution is 7.83. The Morgan fingerprint density at radius 3 is 2.31 bits per heavy atom. The minimum absolute atomic E-state index is 0.0492. The maximum absolute atomic E-state index is 14.2. The van der Waals surface area contributed by atoms with Gasteiger partial charge in [-0.1, -0.05) is 52.6 Å². The lowest BCUT2D eigenvalue weighted by Gasteiger charge is -2.29. The maximum atomic E-state index is 14.2. The first kappa shape index (κ1) is 26.1. The third-order valence-electron chi connectivity index (χ3n) is 5.58. The first-order valence-corrected chi connectivity index (χ1v) is 12.2. The number of amides is 1. The van der Waals surface area contributed by atoms with Crippen LogP contribution in [-0.4, -0.2) is 22.0 Å². The van der Waals surface area contributed by atoms with Gasteiger partial charge in [0.15, 0.2) is 16.8 Å². The third kappa shape index (κ3) is 4.85. The van der Waals surface area contributed by atoms with E-state index in [4.69, 9.17) is 28.0 Å². The van der Waals surface area contributed by atoms with Gasteiger partial charge < -0.3 is 4.84 Å². The van der Waals surface area contributed by atoms with Gasteiger partial charge in [0.2, 0.25) is 0 Å². The number of halogens is 6. The number of alkyl halides is 3. The second kappa shape index (κ2) is 9.84. The molecule has 0 aromatic heterocycles. The van der Waals surface area contributed by atoms with E-state index < -0.39 is 56.5 Å². The topological polar surface area (TPSA) is 67.8 Å². The van der Waals surface area contributed by atoms with Crippen molar-refractivity contribution in [1.29, 1.82) is 0 Å². The Hall–Kier alpha value is -2.95. The Morgan fingerprint density at radius 2 is 1.72 bits per heavy atom. The van der Waals surface area contributed by atoms with Crippen molar-refractivity contribution in [3.63, 3.8) is 0 Å². The van der Waals surface area contributed by atoms with Crippen molar-refractivity contribution in [3.05, 3.63) is 98.8 Å². The summed E-state index contributed by atoms with van der Waals surface area (Å²) in [6.45, 7) is 1.58. The van der Waals surface area contributed by atoms with Crippen LogP contribution in [-0.2, 0) is 21.4 Å². The van der Waals surface area contributed by atoms with Crippen molar-refractivity contribution < 1.29 is 31.4 Å². The van der Waals surface area contributed by atoms with Gasteiger partial charge in [-0.25, -0.2) is 8.60 Å². The normalized spacial score (nSPS) is 18.4. The number of hydrogen-bond acceptors (Lipinski definition) is 4. The van der Waals surface area contributed by atoms with Gasteiger partial charge in [0.1, 0.15) is 0 Å². The lowest BCUT2D eigenvalue weighted by atomic mass is 9.86. The van der Waals surface area contributed by atoms with Gasteiger partial charge in [-0.3, -0.25) is 9.52 Å². The Labute approximate surface area is 215 Å². The molecular weight excluding hydrogens is 543 g/mol. The molecule has 0 spiro atoms. The lowest BCUT2D eigenvalue weighted by molar-refractivity contribution is -0.275. The van der Waals surface area contributed by atoms with Gasteiger partial charge >= 0.3 is 6.18 Å². The third-order valence-corrected chi connectivity index (χ3v) is 7.20. The number of oxime groups is 1. The SMILES string of the molecule is Cc1cc(C2=NOC(c3cc(Cl)c(F)c(Cl)c3)(C(F)(F)F)C2)ccc1C(=O)NS(=O)c1ccccc1. The molecule has 0 fully saturated rings. The standard InChI is InChI=1S/C24H16Cl2F4N2O3S/c1-13-9-14(7-8-17(13)22(33)32-36(34)16-5-3-2-4-6-16)20-12-23(35-31-20,24(28,29)30)15-10-18(25)21(27)19(26)11-15/h2-11H,12H2,1H3,(H,32,33). The number of rotatable bonds is 5. The zero-order valence-corrected chi connectivity index (χ0v) is 20.7. The fraction of sp³-hybridized carbons (Fsp3) is 0.167. The van der Waals surface area contributed by atoms with E-state index in [1.807, 2.05) is 0 Å². The number of benzene rings is 3. The second-order valence-corrected chi connectivity index (χ2v) is 9.95. The Balaban J connectivity index is 1.59. The van der Waals surface area contributed by atoms with E-state index in [0.29, 0.717) is 10.5 Å². The molecule has 0 radical (unpaired) electrons. The maximum Gasteiger partial charge on any atom is 0.435 e. The minimum atomic E-state index is -4.95. The quantitative estimate of drug-likeness (QED) is 0.288. The molecule has 0 aliphatic carbocycles. The summed E-state index contributed by atoms with van der Waals surface area (Å²) < 4.78 is 71.2. The van der Waals surface area contributed by atoms with E-state index in [1.54, 1.807) is 37.3 Å². The summed E-state index contributed by atoms with van der Waals surface area (Å²) in [6.07, 6.45) is -5.68. The van der Waals surface area contributed by atoms with Crippen molar-refractivity contribution in [2.24, 2.45) is 5.16 Å². The van der Waals surface area contributed by atoms with Crippen molar-refractivity contribution >= 4 is 45.8 Å². The van der Waals surface area contributed by atoms with E-state index in [1.165, 1.54) is 18.2 Å². The number of carbonyl (C=O) groups excluding carboxylic acids is 1. The smallest absolute Gasteiger partial charge is 0.374 e. The van der Waals surface area contributed by atoms with Crippen LogP contribution in [0.5, 0.6) is 0 Å². The lowest BCUT2D eigenvalue weighted by Crippen LogP contribution is -2.42. The molecule has 1 N–H and O–H groups in total. The molecule has 0 saturated carbocycles. The molecule has 1 aliphatic heterocycles. The fourth-order valence-electron chi connectivity index (χ4n) is 3.69. The molecule has 2 unspecified atom stereocenters. The van der Waals surface area contributed by atoms with Crippen LogP contribution in [0.4, 0.5) is 17.6 Å². The van der Waals surface area contributed by atoms with E-state index in [9.17, 15) is 26.6 Å². The second-order valence-electron chi connectivity index (χ2n) is 7.93. The fourth-order valence-corrected chi connectivity index (χ4v) is 4.97. The molecule has 3 aromatic carbocycles. The van der Waals surface area contributed by atoms with E-state index >= 15 is 0 Å². The molecule has 0 saturated heterocycles. The monoisotopic (exact) mass is 558 g/mol. The first-order valence-electron chi connectivity index (χ1n) is 10.3. The van der Waals surface area contributed by atoms with Crippen LogP contribution < -0.4 is 4.72 Å². The first-order chi connectivity index (χ1) is 16.9. The van der Waals surface area contributed by atoms with Crippen molar-refractivity contribution in [3.8, 4) is 0 Å². The molecule has 4 rings (SSSR count). The number of hydrogen-bond donors (Lipinski definition) is 1. The van der Waals surface area contributed by atoms with E-state index in [-0.39, 0.29) is 16.8 Å². The Kier molecular flexibility index (Phi) is 7.14. The van der Waals surface area contributed by atoms with Crippen LogP contribution in [0.3, 0.4) is 0 Å². The predicted octanol–water partition coefficient (Wildman–Crippen LogP) is 6.48. The van der Waals surface area contributed by atoms with E-state index in [2.05, 4.69) is 9.88 Å². The van der Waals surface area contributed by atoms with Gasteiger partial charge in [0.25, 0.3) is 11.5 Å². The van der Waals surface area contributed by atoms with Crippen LogP contribution in [0.15, 0.2) is 70.7 Å². The Morgan fingerprint density at radius 1 is 1.08 bits per heavy atom. The average Bonchev–Trinajstić information content (AvgIpc) is 3.30. The molecule has 2 atom stereocenters. The van der Waals surface area contributed by atoms with E-state index in [0.717, 1.165) is 12.1 Å². The largest absolute Gasteiger partial charge is 0.435 e. The molecule has 5 nitrogen and oxygen atoms in total. The number of aryl methyl sites for hydroxylation is 1. The molecule has 1 aliphatic rings. The van der Waals surface area contributed by atoms with Gasteiger partial charge in [0, 0.05) is 17.5 Å². The number of carbonyl (C=O) groups is 1. The zero-order valence-electron chi connectivity index (χ0n) is 18.3. The summed E-state index contributed by atoms with van der Waals surface area (Å²) in [5, 5.41) is 2.48. The van der Waals surface area contributed by atoms with Crippen LogP contribution in [0.2, 0.25) is 10.0 Å². The summed E-state index contributed by atoms with van der Waals surface area (Å²) in [4.78, 5) is 18.0. The van der Waals surface area contributed by atoms with Crippen molar-refractivity contribution in [2.45, 2.75) is 30.0 Å². The van der Waals surface area contributed by atoms with Gasteiger partial charge in [0.05, 0.1) is 20.7 Å². The molecule has 12 heteroatoms. The highest BCUT2D eigenvalue weighted by atomic mass is 35.5. The molecule has 3 aromatic rings. The summed E-state index contributed by atoms with van der Waals surface area (Å²) in [7, 11) is -1.79. The van der Waals surface area contributed by atoms with Crippen LogP contribution >= 0.6 is 23.2 Å². The van der Waals surface area contributed by atoms with Gasteiger partial charge in [-0.15, -0.1) is 0 Å². The average molecular weight is 559 g/mol. The molecular formula is C24H16Cl2F4N2O3S. The van der Waals surface area contributed by atoms with Crippen molar-refractivity contribution in [1.82, 2.24) is 4.72 Å². The van der Waals surface area contributed by atoms with Crippen LogP contribution in [0.1, 0.15) is 33.5 Å². The Bertz CT molecular complexity index is 1380. The summed E-state index contributed by atoms with van der Waals surface area (Å²) >= 11 is 11.5. The molecule has 1 heterocycles. The zero-order chi connectivity index (χ0) is 26.3. The number of nitrogens with zero attached hydrogens (tertiary/aromatic N) is 1. The van der Waals surface area contributed by atoms with Crippen molar-refractivity contribution in [2.75, 3.05) is 0 Å². The van der Waals surface area contributed by atoms with Gasteiger partial charge in [-0.05, 0) is 54.4 Å². The molecule has 36 heavy (non-hydrogen) atoms. The minimum Gasteiger partial charge on any atom is -0.374 e. The molecule has 1 amide bonds. The molecule has 0 bridgehead atoms. The van der Waals surface area contributed by atoms with Crippen LogP contribution in [0, 0.1) is 12.7 Å². The molecule has 188 valence electrons. The van der Waals surface area contributed by atoms with Crippen LogP contribution in [0.25, 0.3) is 0 Å².